The maximum Gasteiger partial charge on any atom is 0.160 e. The third-order valence-electron chi connectivity index (χ3n) is 7.09. The zero-order chi connectivity index (χ0) is 26.3. The van der Waals surface area contributed by atoms with E-state index in [1.807, 2.05) is 36.4 Å². The van der Waals surface area contributed by atoms with Crippen LogP contribution in [-0.4, -0.2) is 38.4 Å². The summed E-state index contributed by atoms with van der Waals surface area (Å²) in [4.78, 5) is 31.4. The smallest absolute Gasteiger partial charge is 0.160 e. The van der Waals surface area contributed by atoms with E-state index in [0.29, 0.717) is 57.4 Å². The van der Waals surface area contributed by atoms with Crippen LogP contribution in [0.1, 0.15) is 63.8 Å². The van der Waals surface area contributed by atoms with Crippen LogP contribution in [0, 0.1) is 0 Å². The molecular formula is C30H28N2O5. The summed E-state index contributed by atoms with van der Waals surface area (Å²) in [5.41, 5.74) is 4.88. The first-order valence-electron chi connectivity index (χ1n) is 12.2. The number of aromatic nitrogens is 1. The SMILES string of the molecule is CC(=O)c1cc2cc(CO)c(CO)c(-c3ccnc(N4CCC(O)c5ccccc54)c3)c2cc1C(C)=O. The molecule has 7 heteroatoms. The summed E-state index contributed by atoms with van der Waals surface area (Å²) in [6, 6.07) is 16.6. The predicted molar refractivity (Wildman–Crippen MR) is 142 cm³/mol. The monoisotopic (exact) mass is 496 g/mol. The van der Waals surface area contributed by atoms with E-state index >= 15 is 0 Å². The zero-order valence-electron chi connectivity index (χ0n) is 20.7. The van der Waals surface area contributed by atoms with Gasteiger partial charge in [0, 0.05) is 35.1 Å². The summed E-state index contributed by atoms with van der Waals surface area (Å²) in [5.74, 6) is 0.228. The summed E-state index contributed by atoms with van der Waals surface area (Å²) in [5, 5.41) is 32.4. The molecule has 0 aliphatic carbocycles. The molecule has 0 amide bonds. The molecule has 188 valence electrons. The van der Waals surface area contributed by atoms with Gasteiger partial charge in [-0.25, -0.2) is 4.98 Å². The van der Waals surface area contributed by atoms with Crippen LogP contribution >= 0.6 is 0 Å². The summed E-state index contributed by atoms with van der Waals surface area (Å²) >= 11 is 0. The zero-order valence-corrected chi connectivity index (χ0v) is 20.7. The molecule has 0 spiro atoms. The van der Waals surface area contributed by atoms with Crippen molar-refractivity contribution in [3.05, 3.63) is 88.6 Å². The molecule has 7 nitrogen and oxygen atoms in total. The number of ketones is 2. The highest BCUT2D eigenvalue weighted by atomic mass is 16.3. The van der Waals surface area contributed by atoms with E-state index in [0.717, 1.165) is 16.8 Å². The first kappa shape index (κ1) is 24.8. The molecule has 0 saturated heterocycles. The van der Waals surface area contributed by atoms with E-state index in [-0.39, 0.29) is 24.8 Å². The Balaban J connectivity index is 1.76. The molecule has 1 aromatic heterocycles. The Kier molecular flexibility index (Phi) is 6.60. The third kappa shape index (κ3) is 4.31. The lowest BCUT2D eigenvalue weighted by atomic mass is 9.87. The summed E-state index contributed by atoms with van der Waals surface area (Å²) in [6.45, 7) is 2.82. The van der Waals surface area contributed by atoms with Gasteiger partial charge in [-0.2, -0.15) is 0 Å². The van der Waals surface area contributed by atoms with Crippen LogP contribution in [0.4, 0.5) is 11.5 Å². The number of aliphatic hydroxyl groups is 3. The fourth-order valence-electron chi connectivity index (χ4n) is 5.29. The Morgan fingerprint density at radius 1 is 0.973 bits per heavy atom. The fourth-order valence-corrected chi connectivity index (χ4v) is 5.29. The predicted octanol–water partition coefficient (Wildman–Crippen LogP) is 4.87. The van der Waals surface area contributed by atoms with Gasteiger partial charge in [-0.1, -0.05) is 18.2 Å². The van der Waals surface area contributed by atoms with Crippen LogP contribution in [0.15, 0.2) is 60.8 Å². The summed E-state index contributed by atoms with van der Waals surface area (Å²) in [7, 11) is 0. The number of carbonyl (C=O) groups is 2. The van der Waals surface area contributed by atoms with Crippen molar-refractivity contribution in [3.8, 4) is 11.1 Å². The highest BCUT2D eigenvalue weighted by molar-refractivity contribution is 6.13. The van der Waals surface area contributed by atoms with Gasteiger partial charge in [0.1, 0.15) is 5.82 Å². The Morgan fingerprint density at radius 3 is 2.41 bits per heavy atom. The molecule has 3 aromatic carbocycles. The molecule has 0 radical (unpaired) electrons. The highest BCUT2D eigenvalue weighted by Crippen LogP contribution is 2.41. The first-order chi connectivity index (χ1) is 17.8. The van der Waals surface area contributed by atoms with Crippen LogP contribution in [-0.2, 0) is 13.2 Å². The first-order valence-corrected chi connectivity index (χ1v) is 12.2. The maximum atomic E-state index is 12.5. The van der Waals surface area contributed by atoms with Crippen molar-refractivity contribution in [1.82, 2.24) is 4.98 Å². The number of para-hydroxylation sites is 1. The second-order valence-corrected chi connectivity index (χ2v) is 9.35. The number of carbonyl (C=O) groups excluding carboxylic acids is 2. The van der Waals surface area contributed by atoms with E-state index in [9.17, 15) is 24.9 Å². The van der Waals surface area contributed by atoms with E-state index in [1.54, 1.807) is 24.4 Å². The Labute approximate surface area is 214 Å². The van der Waals surface area contributed by atoms with Crippen molar-refractivity contribution in [1.29, 1.82) is 0 Å². The number of fused-ring (bicyclic) bond motifs is 2. The lowest BCUT2D eigenvalue weighted by Gasteiger charge is -2.33. The molecule has 0 fully saturated rings. The van der Waals surface area contributed by atoms with Gasteiger partial charge in [0.15, 0.2) is 11.6 Å². The molecule has 0 saturated carbocycles. The van der Waals surface area contributed by atoms with Crippen LogP contribution in [0.5, 0.6) is 0 Å². The van der Waals surface area contributed by atoms with Crippen molar-refractivity contribution >= 4 is 33.8 Å². The van der Waals surface area contributed by atoms with Gasteiger partial charge >= 0.3 is 0 Å². The van der Waals surface area contributed by atoms with E-state index in [4.69, 9.17) is 0 Å². The molecule has 1 aliphatic heterocycles. The normalized spacial score (nSPS) is 15.1. The molecule has 1 unspecified atom stereocenters. The number of nitrogens with zero attached hydrogens (tertiary/aromatic N) is 2. The molecule has 4 aromatic rings. The number of hydrogen-bond acceptors (Lipinski definition) is 7. The molecule has 3 N–H and O–H groups in total. The molecule has 1 aliphatic rings. The van der Waals surface area contributed by atoms with Crippen LogP contribution in [0.3, 0.4) is 0 Å². The van der Waals surface area contributed by atoms with E-state index in [1.165, 1.54) is 13.8 Å². The lowest BCUT2D eigenvalue weighted by molar-refractivity contribution is 0.0981. The topological polar surface area (TPSA) is 111 Å². The van der Waals surface area contributed by atoms with Gasteiger partial charge in [-0.3, -0.25) is 9.59 Å². The molecule has 5 rings (SSSR count). The molecule has 1 atom stereocenters. The minimum absolute atomic E-state index is 0.220. The Morgan fingerprint density at radius 2 is 1.70 bits per heavy atom. The fraction of sp³-hybridized carbons (Fsp3) is 0.233. The third-order valence-corrected chi connectivity index (χ3v) is 7.09. The molecule has 0 bridgehead atoms. The molecular weight excluding hydrogens is 468 g/mol. The lowest BCUT2D eigenvalue weighted by Crippen LogP contribution is -2.27. The van der Waals surface area contributed by atoms with Gasteiger partial charge in [0.05, 0.1) is 19.3 Å². The minimum Gasteiger partial charge on any atom is -0.392 e. The van der Waals surface area contributed by atoms with Crippen molar-refractivity contribution in [3.63, 3.8) is 0 Å². The van der Waals surface area contributed by atoms with Gasteiger partial charge in [-0.05, 0) is 89.7 Å². The van der Waals surface area contributed by atoms with Gasteiger partial charge < -0.3 is 20.2 Å². The number of benzene rings is 3. The van der Waals surface area contributed by atoms with Crippen molar-refractivity contribution in [2.45, 2.75) is 39.6 Å². The summed E-state index contributed by atoms with van der Waals surface area (Å²) < 4.78 is 0. The van der Waals surface area contributed by atoms with E-state index < -0.39 is 6.10 Å². The van der Waals surface area contributed by atoms with Gasteiger partial charge in [0.25, 0.3) is 0 Å². The van der Waals surface area contributed by atoms with Crippen molar-refractivity contribution in [2.24, 2.45) is 0 Å². The number of Topliss-reactive ketones (excluding diaryl/α,β-unsaturated/α-hetero) is 2. The van der Waals surface area contributed by atoms with Crippen LogP contribution in [0.25, 0.3) is 21.9 Å². The number of hydrogen-bond donors (Lipinski definition) is 3. The van der Waals surface area contributed by atoms with Crippen LogP contribution in [0.2, 0.25) is 0 Å². The number of rotatable bonds is 6. The average molecular weight is 497 g/mol. The molecule has 37 heavy (non-hydrogen) atoms. The number of anilines is 2. The number of pyridine rings is 1. The largest absolute Gasteiger partial charge is 0.392 e. The standard InChI is InChI=1S/C30H28N2O5/c1-17(35)23-12-20-11-21(15-33)26(16-34)30(25(20)14-24(23)18(2)36)19-7-9-31-29(13-19)32-10-8-28(37)22-5-3-4-6-27(22)32/h3-7,9,11-14,28,33-34,37H,8,10,15-16H2,1-2H3. The minimum atomic E-state index is -0.540. The second-order valence-electron chi connectivity index (χ2n) is 9.35. The quantitative estimate of drug-likeness (QED) is 0.327. The Hall–Kier alpha value is -3.91. The second kappa shape index (κ2) is 9.86. The van der Waals surface area contributed by atoms with Crippen molar-refractivity contribution < 1.29 is 24.9 Å². The van der Waals surface area contributed by atoms with Crippen molar-refractivity contribution in [2.75, 3.05) is 11.4 Å². The highest BCUT2D eigenvalue weighted by Gasteiger charge is 2.26. The molecule has 2 heterocycles. The van der Waals surface area contributed by atoms with E-state index in [2.05, 4.69) is 9.88 Å². The maximum absolute atomic E-state index is 12.5. The van der Waals surface area contributed by atoms with Crippen LogP contribution < -0.4 is 4.90 Å². The van der Waals surface area contributed by atoms with Gasteiger partial charge in [-0.15, -0.1) is 0 Å². The Bertz CT molecular complexity index is 1550. The average Bonchev–Trinajstić information content (AvgIpc) is 2.91. The summed E-state index contributed by atoms with van der Waals surface area (Å²) in [6.07, 6.45) is 1.71. The van der Waals surface area contributed by atoms with Gasteiger partial charge in [0.2, 0.25) is 0 Å². The number of aliphatic hydroxyl groups excluding tert-OH is 3.